The third-order valence-electron chi connectivity index (χ3n) is 4.80. The van der Waals surface area contributed by atoms with Crippen LogP contribution in [0.15, 0.2) is 45.9 Å². The van der Waals surface area contributed by atoms with E-state index in [1.807, 2.05) is 17.2 Å². The van der Waals surface area contributed by atoms with E-state index in [1.165, 1.54) is 0 Å². The Balaban J connectivity index is 1.52. The summed E-state index contributed by atoms with van der Waals surface area (Å²) in [5, 5.41) is 4.67. The number of aryl methyl sites for hydroxylation is 1. The number of aromatic nitrogens is 3. The average Bonchev–Trinajstić information content (AvgIpc) is 3.26. The number of nitrogens with zero attached hydrogens (tertiary/aromatic N) is 4. The third-order valence-corrected chi connectivity index (χ3v) is 5.04. The lowest BCUT2D eigenvalue weighted by molar-refractivity contribution is -0.133. The standard InChI is InChI=1S/C18H19ClN4O3/c19-13-4-5-16-15(11-13)23(18(25)26-16)14-3-1-8-21(12-14)17(24)6-10-22-9-2-7-20-22/h2,4-5,7,9,11,14H,1,3,6,8,10,12H2. The van der Waals surface area contributed by atoms with Crippen molar-refractivity contribution < 1.29 is 9.21 Å². The Morgan fingerprint density at radius 1 is 1.38 bits per heavy atom. The van der Waals surface area contributed by atoms with Crippen molar-refractivity contribution in [1.82, 2.24) is 19.2 Å². The second kappa shape index (κ2) is 6.99. The van der Waals surface area contributed by atoms with Gasteiger partial charge in [-0.1, -0.05) is 11.6 Å². The molecule has 1 unspecified atom stereocenters. The minimum absolute atomic E-state index is 0.0732. The van der Waals surface area contributed by atoms with E-state index in [1.54, 1.807) is 33.6 Å². The Kier molecular flexibility index (Phi) is 4.55. The van der Waals surface area contributed by atoms with Gasteiger partial charge in [0.15, 0.2) is 5.58 Å². The number of halogens is 1. The topological polar surface area (TPSA) is 73.3 Å². The molecule has 8 heteroatoms. The molecule has 2 aromatic heterocycles. The van der Waals surface area contributed by atoms with Crippen LogP contribution in [0.3, 0.4) is 0 Å². The highest BCUT2D eigenvalue weighted by atomic mass is 35.5. The first-order chi connectivity index (χ1) is 12.6. The maximum atomic E-state index is 12.6. The maximum Gasteiger partial charge on any atom is 0.420 e. The lowest BCUT2D eigenvalue weighted by Gasteiger charge is -2.33. The molecule has 3 heterocycles. The monoisotopic (exact) mass is 374 g/mol. The predicted molar refractivity (Wildman–Crippen MR) is 97.2 cm³/mol. The molecule has 136 valence electrons. The van der Waals surface area contributed by atoms with E-state index in [0.29, 0.717) is 42.2 Å². The number of hydrogen-bond donors (Lipinski definition) is 0. The predicted octanol–water partition coefficient (Wildman–Crippen LogP) is 2.70. The fourth-order valence-electron chi connectivity index (χ4n) is 3.55. The zero-order valence-electron chi connectivity index (χ0n) is 14.2. The van der Waals surface area contributed by atoms with Crippen LogP contribution in [-0.4, -0.2) is 38.2 Å². The maximum absolute atomic E-state index is 12.6. The minimum atomic E-state index is -0.405. The number of piperidine rings is 1. The SMILES string of the molecule is O=C(CCn1cccn1)N1CCCC(n2c(=O)oc3ccc(Cl)cc32)C1. The van der Waals surface area contributed by atoms with Crippen LogP contribution < -0.4 is 5.76 Å². The Morgan fingerprint density at radius 2 is 2.27 bits per heavy atom. The van der Waals surface area contributed by atoms with Gasteiger partial charge in [0.2, 0.25) is 5.91 Å². The smallest absolute Gasteiger partial charge is 0.408 e. The molecule has 26 heavy (non-hydrogen) atoms. The largest absolute Gasteiger partial charge is 0.420 e. The molecule has 0 radical (unpaired) electrons. The molecule has 0 bridgehead atoms. The highest BCUT2D eigenvalue weighted by Crippen LogP contribution is 2.26. The molecule has 7 nitrogen and oxygen atoms in total. The summed E-state index contributed by atoms with van der Waals surface area (Å²) in [4.78, 5) is 26.7. The first-order valence-electron chi connectivity index (χ1n) is 8.67. The van der Waals surface area contributed by atoms with Gasteiger partial charge in [-0.2, -0.15) is 5.10 Å². The van der Waals surface area contributed by atoms with E-state index < -0.39 is 5.76 Å². The first kappa shape index (κ1) is 16.9. The molecule has 0 spiro atoms. The number of benzene rings is 1. The number of carbonyl (C=O) groups excluding carboxylic acids is 1. The number of carbonyl (C=O) groups is 1. The normalized spacial score (nSPS) is 17.7. The van der Waals surface area contributed by atoms with Crippen LogP contribution in [-0.2, 0) is 11.3 Å². The van der Waals surface area contributed by atoms with Gasteiger partial charge >= 0.3 is 5.76 Å². The molecule has 1 amide bonds. The van der Waals surface area contributed by atoms with Gasteiger partial charge in [-0.05, 0) is 37.1 Å². The number of fused-ring (bicyclic) bond motifs is 1. The van der Waals surface area contributed by atoms with Crippen LogP contribution in [0.25, 0.3) is 11.1 Å². The lowest BCUT2D eigenvalue weighted by atomic mass is 10.0. The molecule has 1 atom stereocenters. The zero-order valence-corrected chi connectivity index (χ0v) is 14.9. The molecule has 1 fully saturated rings. The number of oxazole rings is 1. The molecule has 4 rings (SSSR count). The number of amides is 1. The lowest BCUT2D eigenvalue weighted by Crippen LogP contribution is -2.42. The molecule has 3 aromatic rings. The highest BCUT2D eigenvalue weighted by Gasteiger charge is 2.27. The van der Waals surface area contributed by atoms with Crippen molar-refractivity contribution >= 4 is 28.6 Å². The van der Waals surface area contributed by atoms with Crippen LogP contribution in [0.5, 0.6) is 0 Å². The van der Waals surface area contributed by atoms with Crippen LogP contribution in [0.2, 0.25) is 5.02 Å². The fraction of sp³-hybridized carbons (Fsp3) is 0.389. The summed E-state index contributed by atoms with van der Waals surface area (Å²) in [6, 6.07) is 6.86. The minimum Gasteiger partial charge on any atom is -0.408 e. The first-order valence-corrected chi connectivity index (χ1v) is 9.05. The third kappa shape index (κ3) is 3.26. The Labute approximate surface area is 154 Å². The Bertz CT molecular complexity index is 976. The van der Waals surface area contributed by atoms with Crippen LogP contribution in [0, 0.1) is 0 Å². The Morgan fingerprint density at radius 3 is 3.08 bits per heavy atom. The average molecular weight is 375 g/mol. The van der Waals surface area contributed by atoms with E-state index in [9.17, 15) is 9.59 Å². The summed E-state index contributed by atoms with van der Waals surface area (Å²) >= 11 is 6.08. The molecule has 1 aliphatic heterocycles. The van der Waals surface area contributed by atoms with E-state index in [0.717, 1.165) is 12.8 Å². The van der Waals surface area contributed by atoms with Gasteiger partial charge < -0.3 is 9.32 Å². The Hall–Kier alpha value is -2.54. The van der Waals surface area contributed by atoms with Gasteiger partial charge in [0.1, 0.15) is 0 Å². The van der Waals surface area contributed by atoms with Gasteiger partial charge in [0.05, 0.1) is 11.6 Å². The molecular formula is C18H19ClN4O3. The van der Waals surface area contributed by atoms with Gasteiger partial charge in [-0.3, -0.25) is 14.0 Å². The molecule has 0 aliphatic carbocycles. The van der Waals surface area contributed by atoms with Crippen molar-refractivity contribution in [3.8, 4) is 0 Å². The summed E-state index contributed by atoms with van der Waals surface area (Å²) in [7, 11) is 0. The second-order valence-electron chi connectivity index (χ2n) is 6.50. The summed E-state index contributed by atoms with van der Waals surface area (Å²) in [5.74, 6) is -0.331. The molecule has 1 aliphatic rings. The molecule has 0 N–H and O–H groups in total. The molecular weight excluding hydrogens is 356 g/mol. The number of rotatable bonds is 4. The number of likely N-dealkylation sites (tertiary alicyclic amines) is 1. The van der Waals surface area contributed by atoms with E-state index in [2.05, 4.69) is 5.10 Å². The van der Waals surface area contributed by atoms with E-state index in [4.69, 9.17) is 16.0 Å². The highest BCUT2D eigenvalue weighted by molar-refractivity contribution is 6.31. The zero-order chi connectivity index (χ0) is 18.1. The molecule has 1 aromatic carbocycles. The van der Waals surface area contributed by atoms with Crippen molar-refractivity contribution in [3.63, 3.8) is 0 Å². The van der Waals surface area contributed by atoms with Gasteiger partial charge in [0, 0.05) is 43.5 Å². The summed E-state index contributed by atoms with van der Waals surface area (Å²) in [6.45, 7) is 1.76. The van der Waals surface area contributed by atoms with Crippen molar-refractivity contribution in [2.75, 3.05) is 13.1 Å². The van der Waals surface area contributed by atoms with Gasteiger partial charge in [-0.15, -0.1) is 0 Å². The molecule has 1 saturated heterocycles. The van der Waals surface area contributed by atoms with Crippen LogP contribution in [0.1, 0.15) is 25.3 Å². The van der Waals surface area contributed by atoms with Crippen LogP contribution >= 0.6 is 11.6 Å². The van der Waals surface area contributed by atoms with E-state index in [-0.39, 0.29) is 11.9 Å². The van der Waals surface area contributed by atoms with Crippen molar-refractivity contribution in [1.29, 1.82) is 0 Å². The van der Waals surface area contributed by atoms with E-state index >= 15 is 0 Å². The van der Waals surface area contributed by atoms with Gasteiger partial charge in [-0.25, -0.2) is 4.79 Å². The van der Waals surface area contributed by atoms with Crippen LogP contribution in [0.4, 0.5) is 0 Å². The summed E-state index contributed by atoms with van der Waals surface area (Å²) < 4.78 is 8.71. The van der Waals surface area contributed by atoms with Crippen molar-refractivity contribution in [2.24, 2.45) is 0 Å². The van der Waals surface area contributed by atoms with Crippen molar-refractivity contribution in [2.45, 2.75) is 31.8 Å². The van der Waals surface area contributed by atoms with Gasteiger partial charge in [0.25, 0.3) is 0 Å². The van der Waals surface area contributed by atoms with Crippen molar-refractivity contribution in [3.05, 3.63) is 52.2 Å². The molecule has 0 saturated carbocycles. The quantitative estimate of drug-likeness (QED) is 0.703. The summed E-state index contributed by atoms with van der Waals surface area (Å²) in [5.41, 5.74) is 1.19. The summed E-state index contributed by atoms with van der Waals surface area (Å²) in [6.07, 6.45) is 5.60. The number of hydrogen-bond acceptors (Lipinski definition) is 4. The fourth-order valence-corrected chi connectivity index (χ4v) is 3.71. The second-order valence-corrected chi connectivity index (χ2v) is 6.94.